The summed E-state index contributed by atoms with van der Waals surface area (Å²) in [6.07, 6.45) is 3.75. The number of methoxy groups -OCH3 is 1. The first-order chi connectivity index (χ1) is 9.19. The van der Waals surface area contributed by atoms with Gasteiger partial charge in [0, 0.05) is 23.1 Å². The molecule has 102 valence electrons. The van der Waals surface area contributed by atoms with Gasteiger partial charge in [0.05, 0.1) is 7.11 Å². The van der Waals surface area contributed by atoms with Crippen LogP contribution in [0.25, 0.3) is 10.9 Å². The number of aromatic amines is 1. The largest absolute Gasteiger partial charge is 0.497 e. The number of nitrogens with one attached hydrogen (secondary N) is 1. The van der Waals surface area contributed by atoms with E-state index in [1.165, 1.54) is 41.4 Å². The molecule has 0 radical (unpaired) electrons. The van der Waals surface area contributed by atoms with Gasteiger partial charge in [0.2, 0.25) is 0 Å². The Kier molecular flexibility index (Phi) is 3.23. The van der Waals surface area contributed by atoms with Crippen LogP contribution < -0.4 is 4.74 Å². The highest BCUT2D eigenvalue weighted by Crippen LogP contribution is 2.38. The van der Waals surface area contributed by atoms with E-state index in [1.807, 2.05) is 6.07 Å². The third-order valence-electron chi connectivity index (χ3n) is 4.10. The molecular formula is C16H22N2O. The number of aryl methyl sites for hydroxylation is 1. The van der Waals surface area contributed by atoms with Crippen LogP contribution in [0.2, 0.25) is 0 Å². The lowest BCUT2D eigenvalue weighted by Crippen LogP contribution is -2.23. The molecule has 1 heterocycles. The van der Waals surface area contributed by atoms with Crippen molar-refractivity contribution in [3.05, 3.63) is 29.5 Å². The Morgan fingerprint density at radius 1 is 1.37 bits per heavy atom. The van der Waals surface area contributed by atoms with Gasteiger partial charge in [-0.2, -0.15) is 0 Å². The number of nitrogens with zero attached hydrogens (tertiary/aromatic N) is 1. The highest BCUT2D eigenvalue weighted by Gasteiger charge is 2.25. The van der Waals surface area contributed by atoms with Crippen molar-refractivity contribution in [2.24, 2.45) is 0 Å². The van der Waals surface area contributed by atoms with Crippen LogP contribution in [0.15, 0.2) is 18.2 Å². The molecule has 0 amide bonds. The standard InChI is InChI=1S/C16H22N2O/c1-18(2)10-11-5-4-6-15-16(11)13-9-12(19-3)7-8-14(13)17-15/h7-9,11,17H,4-6,10H2,1-3H3/t11-/m0/s1. The number of fused-ring (bicyclic) bond motifs is 3. The van der Waals surface area contributed by atoms with Crippen LogP contribution in [0, 0.1) is 0 Å². The van der Waals surface area contributed by atoms with E-state index in [4.69, 9.17) is 4.74 Å². The molecule has 1 aromatic carbocycles. The second-order valence-electron chi connectivity index (χ2n) is 5.78. The Hall–Kier alpha value is -1.48. The number of H-pyrrole nitrogens is 1. The smallest absolute Gasteiger partial charge is 0.119 e. The molecule has 1 aliphatic carbocycles. The molecule has 1 atom stereocenters. The minimum absolute atomic E-state index is 0.639. The zero-order valence-electron chi connectivity index (χ0n) is 12.0. The Bertz CT molecular complexity index is 586. The number of rotatable bonds is 3. The van der Waals surface area contributed by atoms with Gasteiger partial charge in [0.1, 0.15) is 5.75 Å². The predicted molar refractivity (Wildman–Crippen MR) is 79.1 cm³/mol. The molecular weight excluding hydrogens is 236 g/mol. The number of ether oxygens (including phenoxy) is 1. The lowest BCUT2D eigenvalue weighted by Gasteiger charge is -2.26. The van der Waals surface area contributed by atoms with Crippen molar-refractivity contribution in [3.8, 4) is 5.75 Å². The maximum Gasteiger partial charge on any atom is 0.119 e. The first-order valence-corrected chi connectivity index (χ1v) is 7.02. The molecule has 0 fully saturated rings. The van der Waals surface area contributed by atoms with Crippen molar-refractivity contribution in [1.29, 1.82) is 0 Å². The quantitative estimate of drug-likeness (QED) is 0.916. The summed E-state index contributed by atoms with van der Waals surface area (Å²) >= 11 is 0. The summed E-state index contributed by atoms with van der Waals surface area (Å²) in [7, 11) is 6.05. The van der Waals surface area contributed by atoms with Gasteiger partial charge in [0.15, 0.2) is 0 Å². The first-order valence-electron chi connectivity index (χ1n) is 7.02. The molecule has 0 saturated heterocycles. The summed E-state index contributed by atoms with van der Waals surface area (Å²) in [6, 6.07) is 6.35. The molecule has 3 nitrogen and oxygen atoms in total. The van der Waals surface area contributed by atoms with Crippen LogP contribution >= 0.6 is 0 Å². The molecule has 1 aliphatic rings. The summed E-state index contributed by atoms with van der Waals surface area (Å²) in [5.74, 6) is 1.59. The second kappa shape index (κ2) is 4.89. The van der Waals surface area contributed by atoms with Crippen LogP contribution in [0.1, 0.15) is 30.0 Å². The molecule has 1 N–H and O–H groups in total. The number of aromatic nitrogens is 1. The van der Waals surface area contributed by atoms with E-state index in [0.29, 0.717) is 5.92 Å². The van der Waals surface area contributed by atoms with Gasteiger partial charge >= 0.3 is 0 Å². The molecule has 1 aromatic heterocycles. The minimum atomic E-state index is 0.639. The maximum absolute atomic E-state index is 5.37. The normalized spacial score (nSPS) is 18.8. The molecule has 0 saturated carbocycles. The lowest BCUT2D eigenvalue weighted by atomic mass is 9.85. The van der Waals surface area contributed by atoms with Crippen molar-refractivity contribution in [1.82, 2.24) is 9.88 Å². The van der Waals surface area contributed by atoms with Crippen molar-refractivity contribution in [3.63, 3.8) is 0 Å². The van der Waals surface area contributed by atoms with E-state index in [0.717, 1.165) is 12.3 Å². The number of benzene rings is 1. The van der Waals surface area contributed by atoms with E-state index < -0.39 is 0 Å². The van der Waals surface area contributed by atoms with E-state index in [1.54, 1.807) is 7.11 Å². The van der Waals surface area contributed by atoms with Crippen molar-refractivity contribution in [2.45, 2.75) is 25.2 Å². The summed E-state index contributed by atoms with van der Waals surface area (Å²) in [6.45, 7) is 1.12. The average molecular weight is 258 g/mol. The molecule has 0 bridgehead atoms. The highest BCUT2D eigenvalue weighted by atomic mass is 16.5. The number of likely N-dealkylation sites (N-methyl/N-ethyl adjacent to an activating group) is 1. The third-order valence-corrected chi connectivity index (χ3v) is 4.10. The minimum Gasteiger partial charge on any atom is -0.497 e. The van der Waals surface area contributed by atoms with Crippen LogP contribution in [-0.4, -0.2) is 37.6 Å². The second-order valence-corrected chi connectivity index (χ2v) is 5.78. The summed E-state index contributed by atoms with van der Waals surface area (Å²) in [5, 5.41) is 1.35. The van der Waals surface area contributed by atoms with Crippen LogP contribution in [-0.2, 0) is 6.42 Å². The van der Waals surface area contributed by atoms with E-state index in [2.05, 4.69) is 36.1 Å². The van der Waals surface area contributed by atoms with Gasteiger partial charge < -0.3 is 14.6 Å². The number of hydrogen-bond acceptors (Lipinski definition) is 2. The van der Waals surface area contributed by atoms with Crippen molar-refractivity contribution >= 4 is 10.9 Å². The van der Waals surface area contributed by atoms with Crippen molar-refractivity contribution < 1.29 is 4.74 Å². The van der Waals surface area contributed by atoms with Gasteiger partial charge in [-0.25, -0.2) is 0 Å². The average Bonchev–Trinajstić information content (AvgIpc) is 2.76. The molecule has 0 unspecified atom stereocenters. The fraction of sp³-hybridized carbons (Fsp3) is 0.500. The SMILES string of the molecule is COc1ccc2[nH]c3c(c2c1)[C@H](CN(C)C)CCC3. The Balaban J connectivity index is 2.11. The van der Waals surface area contributed by atoms with Gasteiger partial charge in [-0.15, -0.1) is 0 Å². The first kappa shape index (κ1) is 12.5. The fourth-order valence-electron chi connectivity index (χ4n) is 3.33. The van der Waals surface area contributed by atoms with Gasteiger partial charge in [-0.1, -0.05) is 0 Å². The van der Waals surface area contributed by atoms with E-state index in [-0.39, 0.29) is 0 Å². The molecule has 2 aromatic rings. The Morgan fingerprint density at radius 2 is 2.21 bits per heavy atom. The monoisotopic (exact) mass is 258 g/mol. The van der Waals surface area contributed by atoms with Gasteiger partial charge in [-0.3, -0.25) is 0 Å². The molecule has 3 heteroatoms. The van der Waals surface area contributed by atoms with Crippen LogP contribution in [0.4, 0.5) is 0 Å². The fourth-order valence-corrected chi connectivity index (χ4v) is 3.33. The molecule has 0 spiro atoms. The van der Waals surface area contributed by atoms with Gasteiger partial charge in [0.25, 0.3) is 0 Å². The predicted octanol–water partition coefficient (Wildman–Crippen LogP) is 3.16. The van der Waals surface area contributed by atoms with Crippen molar-refractivity contribution in [2.75, 3.05) is 27.7 Å². The molecule has 19 heavy (non-hydrogen) atoms. The third kappa shape index (κ3) is 2.23. The van der Waals surface area contributed by atoms with E-state index in [9.17, 15) is 0 Å². The summed E-state index contributed by atoms with van der Waals surface area (Å²) < 4.78 is 5.37. The Morgan fingerprint density at radius 3 is 2.95 bits per heavy atom. The zero-order chi connectivity index (χ0) is 13.4. The van der Waals surface area contributed by atoms with Crippen LogP contribution in [0.3, 0.4) is 0 Å². The highest BCUT2D eigenvalue weighted by molar-refractivity contribution is 5.87. The maximum atomic E-state index is 5.37. The lowest BCUT2D eigenvalue weighted by molar-refractivity contribution is 0.353. The zero-order valence-corrected chi connectivity index (χ0v) is 12.0. The van der Waals surface area contributed by atoms with Crippen LogP contribution in [0.5, 0.6) is 5.75 Å². The molecule has 3 rings (SSSR count). The van der Waals surface area contributed by atoms with E-state index >= 15 is 0 Å². The summed E-state index contributed by atoms with van der Waals surface area (Å²) in [5.41, 5.74) is 4.20. The number of hydrogen-bond donors (Lipinski definition) is 1. The summed E-state index contributed by atoms with van der Waals surface area (Å²) in [4.78, 5) is 5.89. The Labute approximate surface area is 114 Å². The topological polar surface area (TPSA) is 28.3 Å². The van der Waals surface area contributed by atoms with Gasteiger partial charge in [-0.05, 0) is 63.0 Å². The molecule has 0 aliphatic heterocycles.